The summed E-state index contributed by atoms with van der Waals surface area (Å²) in [7, 11) is 1.66. The van der Waals surface area contributed by atoms with E-state index in [9.17, 15) is 0 Å². The molecule has 0 aliphatic heterocycles. The first kappa shape index (κ1) is 14.2. The Bertz CT molecular complexity index is 390. The summed E-state index contributed by atoms with van der Waals surface area (Å²) in [5.74, 6) is 2.55. The Labute approximate surface area is 116 Å². The topological polar surface area (TPSA) is 44.5 Å². The van der Waals surface area contributed by atoms with Crippen molar-refractivity contribution in [3.05, 3.63) is 24.3 Å². The average molecular weight is 263 g/mol. The maximum absolute atomic E-state index is 6.43. The number of hydrogen-bond acceptors (Lipinski definition) is 3. The molecule has 0 spiro atoms. The van der Waals surface area contributed by atoms with Crippen LogP contribution < -0.4 is 15.2 Å². The number of ether oxygens (including phenoxy) is 2. The van der Waals surface area contributed by atoms with Gasteiger partial charge in [0.2, 0.25) is 0 Å². The van der Waals surface area contributed by atoms with E-state index < -0.39 is 0 Å². The van der Waals surface area contributed by atoms with E-state index in [2.05, 4.69) is 6.92 Å². The molecule has 0 saturated heterocycles. The van der Waals surface area contributed by atoms with E-state index in [1.807, 2.05) is 24.3 Å². The molecule has 0 heterocycles. The van der Waals surface area contributed by atoms with Gasteiger partial charge in [-0.3, -0.25) is 0 Å². The molecule has 0 radical (unpaired) electrons. The van der Waals surface area contributed by atoms with Crippen molar-refractivity contribution in [2.75, 3.05) is 13.7 Å². The van der Waals surface area contributed by atoms with Gasteiger partial charge in [0, 0.05) is 5.54 Å². The molecule has 2 rings (SSSR count). The van der Waals surface area contributed by atoms with Gasteiger partial charge in [0.15, 0.2) is 0 Å². The third kappa shape index (κ3) is 3.87. The highest BCUT2D eigenvalue weighted by molar-refractivity contribution is 5.31. The standard InChI is InChI=1S/C16H25NO2/c1-3-13-8-9-16(17,12-13)10-11-19-15-6-4-14(18-2)5-7-15/h4-7,13H,3,8-12,17H2,1-2H3. The van der Waals surface area contributed by atoms with E-state index in [-0.39, 0.29) is 5.54 Å². The van der Waals surface area contributed by atoms with Crippen LogP contribution in [0.4, 0.5) is 0 Å². The summed E-state index contributed by atoms with van der Waals surface area (Å²) in [6, 6.07) is 7.70. The van der Waals surface area contributed by atoms with E-state index >= 15 is 0 Å². The van der Waals surface area contributed by atoms with Crippen molar-refractivity contribution in [1.29, 1.82) is 0 Å². The molecule has 0 amide bonds. The van der Waals surface area contributed by atoms with Crippen LogP contribution in [0.3, 0.4) is 0 Å². The van der Waals surface area contributed by atoms with Crippen molar-refractivity contribution < 1.29 is 9.47 Å². The molecule has 1 saturated carbocycles. The van der Waals surface area contributed by atoms with Gasteiger partial charge < -0.3 is 15.2 Å². The smallest absolute Gasteiger partial charge is 0.119 e. The van der Waals surface area contributed by atoms with Crippen molar-refractivity contribution in [3.8, 4) is 11.5 Å². The molecule has 2 unspecified atom stereocenters. The highest BCUT2D eigenvalue weighted by atomic mass is 16.5. The lowest BCUT2D eigenvalue weighted by atomic mass is 9.93. The summed E-state index contributed by atoms with van der Waals surface area (Å²) in [6.07, 6.45) is 5.75. The van der Waals surface area contributed by atoms with E-state index in [1.54, 1.807) is 7.11 Å². The average Bonchev–Trinajstić information content (AvgIpc) is 2.81. The van der Waals surface area contributed by atoms with E-state index in [0.717, 1.165) is 36.7 Å². The van der Waals surface area contributed by atoms with Crippen molar-refractivity contribution >= 4 is 0 Å². The zero-order valence-corrected chi connectivity index (χ0v) is 12.0. The van der Waals surface area contributed by atoms with Crippen LogP contribution in [0.1, 0.15) is 39.0 Å². The van der Waals surface area contributed by atoms with Gasteiger partial charge in [0.05, 0.1) is 13.7 Å². The number of nitrogens with two attached hydrogens (primary N) is 1. The monoisotopic (exact) mass is 263 g/mol. The fraction of sp³-hybridized carbons (Fsp3) is 0.625. The number of rotatable bonds is 6. The summed E-state index contributed by atoms with van der Waals surface area (Å²) < 4.78 is 10.9. The Hall–Kier alpha value is -1.22. The second kappa shape index (κ2) is 6.29. The van der Waals surface area contributed by atoms with Gasteiger partial charge in [0.25, 0.3) is 0 Å². The minimum atomic E-state index is -0.00680. The Morgan fingerprint density at radius 2 is 1.95 bits per heavy atom. The lowest BCUT2D eigenvalue weighted by molar-refractivity contribution is 0.254. The minimum Gasteiger partial charge on any atom is -0.497 e. The van der Waals surface area contributed by atoms with E-state index in [1.165, 1.54) is 12.8 Å². The second-order valence-corrected chi connectivity index (χ2v) is 5.65. The first-order valence-corrected chi connectivity index (χ1v) is 7.21. The first-order chi connectivity index (χ1) is 9.15. The highest BCUT2D eigenvalue weighted by Crippen LogP contribution is 2.36. The molecule has 2 atom stereocenters. The Morgan fingerprint density at radius 3 is 2.53 bits per heavy atom. The number of benzene rings is 1. The van der Waals surface area contributed by atoms with Crippen LogP contribution >= 0.6 is 0 Å². The largest absolute Gasteiger partial charge is 0.497 e. The first-order valence-electron chi connectivity index (χ1n) is 7.21. The molecule has 1 aliphatic carbocycles. The SMILES string of the molecule is CCC1CCC(N)(CCOc2ccc(OC)cc2)C1. The van der Waals surface area contributed by atoms with Crippen LogP contribution in [0, 0.1) is 5.92 Å². The van der Waals surface area contributed by atoms with Crippen LogP contribution in [-0.2, 0) is 0 Å². The van der Waals surface area contributed by atoms with E-state index in [4.69, 9.17) is 15.2 Å². The number of hydrogen-bond donors (Lipinski definition) is 1. The zero-order valence-electron chi connectivity index (χ0n) is 12.0. The predicted molar refractivity (Wildman–Crippen MR) is 77.7 cm³/mol. The van der Waals surface area contributed by atoms with Gasteiger partial charge in [-0.15, -0.1) is 0 Å². The minimum absolute atomic E-state index is 0.00680. The van der Waals surface area contributed by atoms with Crippen molar-refractivity contribution in [2.45, 2.75) is 44.6 Å². The van der Waals surface area contributed by atoms with Crippen LogP contribution in [0.5, 0.6) is 11.5 Å². The van der Waals surface area contributed by atoms with Crippen LogP contribution in [0.15, 0.2) is 24.3 Å². The zero-order chi connectivity index (χ0) is 13.7. The van der Waals surface area contributed by atoms with Crippen molar-refractivity contribution in [3.63, 3.8) is 0 Å². The van der Waals surface area contributed by atoms with Crippen LogP contribution in [0.2, 0.25) is 0 Å². The van der Waals surface area contributed by atoms with Gasteiger partial charge in [-0.2, -0.15) is 0 Å². The van der Waals surface area contributed by atoms with Gasteiger partial charge in [-0.25, -0.2) is 0 Å². The molecule has 1 fully saturated rings. The summed E-state index contributed by atoms with van der Waals surface area (Å²) >= 11 is 0. The lowest BCUT2D eigenvalue weighted by Crippen LogP contribution is -2.38. The molecule has 0 aromatic heterocycles. The molecule has 1 aromatic rings. The van der Waals surface area contributed by atoms with Gasteiger partial charge >= 0.3 is 0 Å². The van der Waals surface area contributed by atoms with Gasteiger partial charge in [0.1, 0.15) is 11.5 Å². The maximum atomic E-state index is 6.43. The summed E-state index contributed by atoms with van der Waals surface area (Å²) in [4.78, 5) is 0. The summed E-state index contributed by atoms with van der Waals surface area (Å²) in [5, 5.41) is 0. The highest BCUT2D eigenvalue weighted by Gasteiger charge is 2.34. The molecule has 2 N–H and O–H groups in total. The molecular weight excluding hydrogens is 238 g/mol. The summed E-state index contributed by atoms with van der Waals surface area (Å²) in [5.41, 5.74) is 6.43. The molecule has 1 aliphatic rings. The molecule has 19 heavy (non-hydrogen) atoms. The second-order valence-electron chi connectivity index (χ2n) is 5.65. The maximum Gasteiger partial charge on any atom is 0.119 e. The fourth-order valence-electron chi connectivity index (χ4n) is 2.89. The van der Waals surface area contributed by atoms with Gasteiger partial charge in [-0.05, 0) is 55.9 Å². The third-order valence-electron chi connectivity index (χ3n) is 4.25. The van der Waals surface area contributed by atoms with Crippen LogP contribution in [-0.4, -0.2) is 19.3 Å². The lowest BCUT2D eigenvalue weighted by Gasteiger charge is -2.24. The predicted octanol–water partition coefficient (Wildman–Crippen LogP) is 3.37. The molecule has 1 aromatic carbocycles. The van der Waals surface area contributed by atoms with Crippen LogP contribution in [0.25, 0.3) is 0 Å². The Morgan fingerprint density at radius 1 is 1.26 bits per heavy atom. The molecule has 3 heteroatoms. The Kier molecular flexibility index (Phi) is 4.70. The quantitative estimate of drug-likeness (QED) is 0.855. The van der Waals surface area contributed by atoms with Crippen molar-refractivity contribution in [1.82, 2.24) is 0 Å². The van der Waals surface area contributed by atoms with Crippen molar-refractivity contribution in [2.24, 2.45) is 11.7 Å². The fourth-order valence-corrected chi connectivity index (χ4v) is 2.89. The molecule has 3 nitrogen and oxygen atoms in total. The van der Waals surface area contributed by atoms with E-state index in [0.29, 0.717) is 6.61 Å². The third-order valence-corrected chi connectivity index (χ3v) is 4.25. The molecular formula is C16H25NO2. The van der Waals surface area contributed by atoms with Gasteiger partial charge in [-0.1, -0.05) is 13.3 Å². The molecule has 0 bridgehead atoms. The normalized spacial score (nSPS) is 26.4. The Balaban J connectivity index is 1.76. The number of methoxy groups -OCH3 is 1. The summed E-state index contributed by atoms with van der Waals surface area (Å²) in [6.45, 7) is 2.95. The molecule has 106 valence electrons.